The van der Waals surface area contributed by atoms with Crippen molar-refractivity contribution in [1.82, 2.24) is 5.43 Å². The Balaban J connectivity index is 1.95. The highest BCUT2D eigenvalue weighted by atomic mass is 16.6. The smallest absolute Gasteiger partial charge is 0.267 e. The third kappa shape index (κ3) is 4.11. The zero-order chi connectivity index (χ0) is 15.2. The van der Waals surface area contributed by atoms with Crippen molar-refractivity contribution in [1.29, 1.82) is 0 Å². The number of nitrogens with zero attached hydrogens (tertiary/aromatic N) is 2. The molecule has 0 spiro atoms. The predicted molar refractivity (Wildman–Crippen MR) is 80.4 cm³/mol. The Morgan fingerprint density at radius 1 is 1.38 bits per heavy atom. The summed E-state index contributed by atoms with van der Waals surface area (Å²) in [6.07, 6.45) is 7.75. The lowest BCUT2D eigenvalue weighted by Crippen LogP contribution is -2.19. The minimum Gasteiger partial charge on any atom is -0.267 e. The average molecular weight is 289 g/mol. The molecule has 21 heavy (non-hydrogen) atoms. The minimum absolute atomic E-state index is 0.0113. The largest absolute Gasteiger partial charge is 0.272 e. The molecule has 1 N–H and O–H groups in total. The van der Waals surface area contributed by atoms with Gasteiger partial charge in [-0.15, -0.1) is 0 Å². The van der Waals surface area contributed by atoms with Gasteiger partial charge in [0.05, 0.1) is 4.92 Å². The van der Waals surface area contributed by atoms with E-state index in [1.165, 1.54) is 37.5 Å². The van der Waals surface area contributed by atoms with Crippen LogP contribution in [-0.2, 0) is 0 Å². The molecule has 112 valence electrons. The molecular formula is C15H19N3O3. The second kappa shape index (κ2) is 6.97. The van der Waals surface area contributed by atoms with Crippen molar-refractivity contribution in [2.45, 2.75) is 39.0 Å². The van der Waals surface area contributed by atoms with Crippen LogP contribution in [0.4, 0.5) is 5.69 Å². The van der Waals surface area contributed by atoms with Gasteiger partial charge in [0.25, 0.3) is 11.6 Å². The van der Waals surface area contributed by atoms with Gasteiger partial charge in [0.15, 0.2) is 0 Å². The molecule has 1 amide bonds. The van der Waals surface area contributed by atoms with Gasteiger partial charge in [-0.05, 0) is 37.8 Å². The summed E-state index contributed by atoms with van der Waals surface area (Å²) >= 11 is 0. The number of aryl methyl sites for hydroxylation is 1. The van der Waals surface area contributed by atoms with Crippen molar-refractivity contribution in [3.63, 3.8) is 0 Å². The first-order chi connectivity index (χ1) is 10.1. The molecule has 6 nitrogen and oxygen atoms in total. The summed E-state index contributed by atoms with van der Waals surface area (Å²) in [5.74, 6) is 0.0951. The predicted octanol–water partition coefficient (Wildman–Crippen LogP) is 3.20. The zero-order valence-electron chi connectivity index (χ0n) is 12.0. The molecule has 0 radical (unpaired) electrons. The lowest BCUT2D eigenvalue weighted by molar-refractivity contribution is -0.385. The van der Waals surface area contributed by atoms with E-state index >= 15 is 0 Å². The van der Waals surface area contributed by atoms with Crippen LogP contribution in [0, 0.1) is 23.0 Å². The molecule has 1 aromatic rings. The summed E-state index contributed by atoms with van der Waals surface area (Å²) in [5.41, 5.74) is 3.33. The molecule has 0 saturated heterocycles. The number of carbonyl (C=O) groups is 1. The molecule has 0 aromatic heterocycles. The molecule has 2 rings (SSSR count). The maximum absolute atomic E-state index is 11.9. The Hall–Kier alpha value is -2.24. The van der Waals surface area contributed by atoms with Crippen LogP contribution in [0.15, 0.2) is 23.3 Å². The number of nitro benzene ring substituents is 1. The third-order valence-corrected chi connectivity index (χ3v) is 3.76. The number of benzene rings is 1. The van der Waals surface area contributed by atoms with Gasteiger partial charge in [-0.25, -0.2) is 5.43 Å². The normalized spacial score (nSPS) is 16.0. The van der Waals surface area contributed by atoms with Crippen molar-refractivity contribution in [2.75, 3.05) is 0 Å². The highest BCUT2D eigenvalue weighted by molar-refractivity contribution is 5.94. The van der Waals surface area contributed by atoms with Gasteiger partial charge in [-0.1, -0.05) is 19.3 Å². The van der Waals surface area contributed by atoms with E-state index in [0.29, 0.717) is 17.0 Å². The molecule has 6 heteroatoms. The van der Waals surface area contributed by atoms with Gasteiger partial charge < -0.3 is 0 Å². The number of carbonyl (C=O) groups excluding carboxylic acids is 1. The zero-order valence-corrected chi connectivity index (χ0v) is 12.0. The van der Waals surface area contributed by atoms with Crippen LogP contribution < -0.4 is 5.43 Å². The van der Waals surface area contributed by atoms with Gasteiger partial charge in [0.2, 0.25) is 0 Å². The van der Waals surface area contributed by atoms with Crippen LogP contribution in [0.25, 0.3) is 0 Å². The molecule has 0 unspecified atom stereocenters. The first kappa shape index (κ1) is 15.2. The standard InChI is InChI=1S/C15H19N3O3/c1-11-9-13(7-8-14(11)18(20)21)15(19)17-16-10-12-5-3-2-4-6-12/h7-10,12H,2-6H2,1H3,(H,17,19)/b16-10+. The van der Waals surface area contributed by atoms with Crippen molar-refractivity contribution in [2.24, 2.45) is 11.0 Å². The molecule has 0 bridgehead atoms. The molecule has 0 aliphatic heterocycles. The fourth-order valence-corrected chi connectivity index (χ4v) is 2.55. The molecule has 1 saturated carbocycles. The van der Waals surface area contributed by atoms with Crippen LogP contribution >= 0.6 is 0 Å². The van der Waals surface area contributed by atoms with E-state index in [-0.39, 0.29) is 11.6 Å². The fraction of sp³-hybridized carbons (Fsp3) is 0.467. The van der Waals surface area contributed by atoms with Gasteiger partial charge >= 0.3 is 0 Å². The van der Waals surface area contributed by atoms with E-state index in [0.717, 1.165) is 12.8 Å². The topological polar surface area (TPSA) is 84.6 Å². The summed E-state index contributed by atoms with van der Waals surface area (Å²) in [4.78, 5) is 22.2. The quantitative estimate of drug-likeness (QED) is 0.524. The first-order valence-corrected chi connectivity index (χ1v) is 7.16. The summed E-state index contributed by atoms with van der Waals surface area (Å²) in [7, 11) is 0. The number of amides is 1. The van der Waals surface area contributed by atoms with E-state index < -0.39 is 4.92 Å². The highest BCUT2D eigenvalue weighted by Gasteiger charge is 2.14. The number of rotatable bonds is 4. The highest BCUT2D eigenvalue weighted by Crippen LogP contribution is 2.22. The van der Waals surface area contributed by atoms with E-state index in [2.05, 4.69) is 10.5 Å². The van der Waals surface area contributed by atoms with Crippen LogP contribution in [0.3, 0.4) is 0 Å². The van der Waals surface area contributed by atoms with Gasteiger partial charge in [-0.3, -0.25) is 14.9 Å². The molecule has 1 aliphatic rings. The van der Waals surface area contributed by atoms with Gasteiger partial charge in [-0.2, -0.15) is 5.10 Å². The summed E-state index contributed by atoms with van der Waals surface area (Å²) in [6, 6.07) is 4.29. The molecule has 1 aromatic carbocycles. The summed E-state index contributed by atoms with van der Waals surface area (Å²) in [6.45, 7) is 1.61. The Labute approximate surface area is 123 Å². The van der Waals surface area contributed by atoms with E-state index in [1.807, 2.05) is 0 Å². The second-order valence-corrected chi connectivity index (χ2v) is 5.38. The Bertz CT molecular complexity index is 563. The van der Waals surface area contributed by atoms with Crippen molar-refractivity contribution < 1.29 is 9.72 Å². The lowest BCUT2D eigenvalue weighted by Gasteiger charge is -2.16. The van der Waals surface area contributed by atoms with Crippen LogP contribution in [-0.4, -0.2) is 17.0 Å². The number of nitrogens with one attached hydrogen (secondary N) is 1. The maximum Gasteiger partial charge on any atom is 0.272 e. The number of hydrogen-bond donors (Lipinski definition) is 1. The molecule has 1 fully saturated rings. The van der Waals surface area contributed by atoms with E-state index in [9.17, 15) is 14.9 Å². The van der Waals surface area contributed by atoms with Crippen LogP contribution in [0.1, 0.15) is 48.0 Å². The van der Waals surface area contributed by atoms with E-state index in [1.54, 1.807) is 13.1 Å². The minimum atomic E-state index is -0.460. The first-order valence-electron chi connectivity index (χ1n) is 7.16. The molecule has 1 aliphatic carbocycles. The second-order valence-electron chi connectivity index (χ2n) is 5.38. The van der Waals surface area contributed by atoms with Crippen molar-refractivity contribution >= 4 is 17.8 Å². The number of hydrazone groups is 1. The van der Waals surface area contributed by atoms with Crippen LogP contribution in [0.2, 0.25) is 0 Å². The van der Waals surface area contributed by atoms with E-state index in [4.69, 9.17) is 0 Å². The monoisotopic (exact) mass is 289 g/mol. The van der Waals surface area contributed by atoms with Gasteiger partial charge in [0.1, 0.15) is 0 Å². The molecular weight excluding hydrogens is 270 g/mol. The van der Waals surface area contributed by atoms with Crippen LogP contribution in [0.5, 0.6) is 0 Å². The third-order valence-electron chi connectivity index (χ3n) is 3.76. The fourth-order valence-electron chi connectivity index (χ4n) is 2.55. The lowest BCUT2D eigenvalue weighted by atomic mass is 9.90. The molecule has 0 atom stereocenters. The number of nitro groups is 1. The summed E-state index contributed by atoms with van der Waals surface area (Å²) in [5, 5.41) is 14.7. The summed E-state index contributed by atoms with van der Waals surface area (Å²) < 4.78 is 0. The van der Waals surface area contributed by atoms with Gasteiger partial charge in [0, 0.05) is 23.4 Å². The Morgan fingerprint density at radius 2 is 2.10 bits per heavy atom. The Kier molecular flexibility index (Phi) is 5.03. The maximum atomic E-state index is 11.9. The Morgan fingerprint density at radius 3 is 2.71 bits per heavy atom. The molecule has 0 heterocycles. The van der Waals surface area contributed by atoms with Crippen molar-refractivity contribution in [3.05, 3.63) is 39.4 Å². The van der Waals surface area contributed by atoms with Crippen molar-refractivity contribution in [3.8, 4) is 0 Å². The average Bonchev–Trinajstić information content (AvgIpc) is 2.47. The SMILES string of the molecule is Cc1cc(C(=O)N/N=C/C2CCCCC2)ccc1[N+](=O)[O-]. The number of hydrogen-bond acceptors (Lipinski definition) is 4.